The molecule has 0 aliphatic heterocycles. The van der Waals surface area contributed by atoms with Crippen molar-refractivity contribution in [3.05, 3.63) is 50.9 Å². The van der Waals surface area contributed by atoms with Crippen molar-refractivity contribution < 1.29 is 14.3 Å². The van der Waals surface area contributed by atoms with E-state index in [2.05, 4.69) is 21.2 Å². The molecular formula is C15H12BrCl2NO3. The molecule has 4 nitrogen and oxygen atoms in total. The van der Waals surface area contributed by atoms with E-state index in [1.165, 1.54) is 7.11 Å². The van der Waals surface area contributed by atoms with Crippen molar-refractivity contribution in [2.45, 2.75) is 0 Å². The molecule has 2 rings (SSSR count). The van der Waals surface area contributed by atoms with Gasteiger partial charge in [-0.15, -0.1) is 0 Å². The minimum absolute atomic E-state index is 0.196. The first-order valence-electron chi connectivity index (χ1n) is 6.21. The number of anilines is 1. The lowest BCUT2D eigenvalue weighted by Crippen LogP contribution is -2.20. The van der Waals surface area contributed by atoms with E-state index in [1.807, 2.05) is 6.07 Å². The first-order chi connectivity index (χ1) is 10.5. The number of rotatable bonds is 5. The molecule has 1 amide bonds. The van der Waals surface area contributed by atoms with Gasteiger partial charge in [0.1, 0.15) is 5.75 Å². The number of halogens is 3. The van der Waals surface area contributed by atoms with Gasteiger partial charge in [0, 0.05) is 5.02 Å². The standard InChI is InChI=1S/C15H12BrCl2NO3/c1-21-13-5-3-2-4-12(13)19-14(20)8-22-15-10(16)6-9(17)7-11(15)18/h2-7H,8H2,1H3,(H,19,20). The molecule has 0 saturated heterocycles. The Morgan fingerprint density at radius 3 is 2.68 bits per heavy atom. The topological polar surface area (TPSA) is 47.6 Å². The van der Waals surface area contributed by atoms with Crippen molar-refractivity contribution in [1.82, 2.24) is 0 Å². The van der Waals surface area contributed by atoms with E-state index in [1.54, 1.807) is 30.3 Å². The first-order valence-corrected chi connectivity index (χ1v) is 7.76. The van der Waals surface area contributed by atoms with Crippen LogP contribution in [-0.4, -0.2) is 19.6 Å². The second-order valence-corrected chi connectivity index (χ2v) is 5.93. The lowest BCUT2D eigenvalue weighted by molar-refractivity contribution is -0.118. The molecule has 0 unspecified atom stereocenters. The second-order valence-electron chi connectivity index (χ2n) is 4.24. The van der Waals surface area contributed by atoms with Gasteiger partial charge in [-0.3, -0.25) is 4.79 Å². The van der Waals surface area contributed by atoms with Crippen molar-refractivity contribution in [3.8, 4) is 11.5 Å². The summed E-state index contributed by atoms with van der Waals surface area (Å²) in [7, 11) is 1.53. The molecule has 0 aromatic heterocycles. The SMILES string of the molecule is COc1ccccc1NC(=O)COc1c(Cl)cc(Cl)cc1Br. The number of para-hydroxylation sites is 2. The van der Waals surface area contributed by atoms with E-state index in [9.17, 15) is 4.79 Å². The molecule has 0 atom stereocenters. The molecular weight excluding hydrogens is 393 g/mol. The highest BCUT2D eigenvalue weighted by Crippen LogP contribution is 2.36. The van der Waals surface area contributed by atoms with E-state index in [0.29, 0.717) is 31.7 Å². The smallest absolute Gasteiger partial charge is 0.262 e. The fourth-order valence-electron chi connectivity index (χ4n) is 1.74. The van der Waals surface area contributed by atoms with Gasteiger partial charge in [0.05, 0.1) is 22.3 Å². The van der Waals surface area contributed by atoms with Crippen LogP contribution in [0.5, 0.6) is 11.5 Å². The molecule has 0 fully saturated rings. The first kappa shape index (κ1) is 16.9. The van der Waals surface area contributed by atoms with Gasteiger partial charge >= 0.3 is 0 Å². The summed E-state index contributed by atoms with van der Waals surface area (Å²) in [6.45, 7) is -0.196. The Kier molecular flexibility index (Phi) is 5.94. The summed E-state index contributed by atoms with van der Waals surface area (Å²) in [4.78, 5) is 12.0. The van der Waals surface area contributed by atoms with E-state index in [-0.39, 0.29) is 12.5 Å². The maximum Gasteiger partial charge on any atom is 0.262 e. The fourth-order valence-corrected chi connectivity index (χ4v) is 3.11. The summed E-state index contributed by atoms with van der Waals surface area (Å²) in [5, 5.41) is 3.51. The van der Waals surface area contributed by atoms with Crippen molar-refractivity contribution >= 4 is 50.7 Å². The monoisotopic (exact) mass is 403 g/mol. The predicted molar refractivity (Wildman–Crippen MR) is 91.3 cm³/mol. The van der Waals surface area contributed by atoms with Crippen LogP contribution in [0, 0.1) is 0 Å². The molecule has 0 bridgehead atoms. The molecule has 0 saturated carbocycles. The molecule has 0 aliphatic carbocycles. The van der Waals surface area contributed by atoms with Crippen LogP contribution in [0.15, 0.2) is 40.9 Å². The zero-order valence-corrected chi connectivity index (χ0v) is 14.6. The van der Waals surface area contributed by atoms with Gasteiger partial charge in [0.25, 0.3) is 5.91 Å². The van der Waals surface area contributed by atoms with E-state index < -0.39 is 0 Å². The van der Waals surface area contributed by atoms with Crippen LogP contribution in [0.1, 0.15) is 0 Å². The molecule has 7 heteroatoms. The van der Waals surface area contributed by atoms with Crippen LogP contribution in [-0.2, 0) is 4.79 Å². The minimum atomic E-state index is -0.331. The third kappa shape index (κ3) is 4.29. The summed E-state index contributed by atoms with van der Waals surface area (Å²) >= 11 is 15.2. The van der Waals surface area contributed by atoms with Gasteiger partial charge in [-0.05, 0) is 40.2 Å². The number of carbonyl (C=O) groups is 1. The second kappa shape index (κ2) is 7.72. The van der Waals surface area contributed by atoms with Gasteiger partial charge in [-0.1, -0.05) is 35.3 Å². The summed E-state index contributed by atoms with van der Waals surface area (Å²) in [6.07, 6.45) is 0. The molecule has 2 aromatic rings. The van der Waals surface area contributed by atoms with Crippen molar-refractivity contribution in [2.75, 3.05) is 19.0 Å². The number of hydrogen-bond donors (Lipinski definition) is 1. The van der Waals surface area contributed by atoms with Crippen LogP contribution >= 0.6 is 39.1 Å². The highest BCUT2D eigenvalue weighted by Gasteiger charge is 2.12. The van der Waals surface area contributed by atoms with Crippen molar-refractivity contribution in [2.24, 2.45) is 0 Å². The maximum atomic E-state index is 12.0. The number of amides is 1. The predicted octanol–water partition coefficient (Wildman–Crippen LogP) is 4.78. The van der Waals surface area contributed by atoms with Crippen molar-refractivity contribution in [1.29, 1.82) is 0 Å². The lowest BCUT2D eigenvalue weighted by atomic mass is 10.3. The Hall–Kier alpha value is -1.43. The summed E-state index contributed by atoms with van der Waals surface area (Å²) in [6, 6.07) is 10.3. The van der Waals surface area contributed by atoms with Crippen LogP contribution in [0.4, 0.5) is 5.69 Å². The van der Waals surface area contributed by atoms with Gasteiger partial charge in [0.15, 0.2) is 12.4 Å². The van der Waals surface area contributed by atoms with Crippen molar-refractivity contribution in [3.63, 3.8) is 0 Å². The molecule has 22 heavy (non-hydrogen) atoms. The highest BCUT2D eigenvalue weighted by molar-refractivity contribution is 9.10. The van der Waals surface area contributed by atoms with Gasteiger partial charge in [-0.25, -0.2) is 0 Å². The summed E-state index contributed by atoms with van der Waals surface area (Å²) in [5.41, 5.74) is 0.569. The zero-order chi connectivity index (χ0) is 16.1. The van der Waals surface area contributed by atoms with Crippen LogP contribution < -0.4 is 14.8 Å². The van der Waals surface area contributed by atoms with Crippen LogP contribution in [0.2, 0.25) is 10.0 Å². The maximum absolute atomic E-state index is 12.0. The number of carbonyl (C=O) groups excluding carboxylic acids is 1. The Morgan fingerprint density at radius 1 is 1.27 bits per heavy atom. The third-order valence-corrected chi connectivity index (χ3v) is 3.78. The van der Waals surface area contributed by atoms with Gasteiger partial charge in [0.2, 0.25) is 0 Å². The quantitative estimate of drug-likeness (QED) is 0.779. The average Bonchev–Trinajstić information content (AvgIpc) is 2.46. The molecule has 2 aromatic carbocycles. The lowest BCUT2D eigenvalue weighted by Gasteiger charge is -2.12. The third-order valence-electron chi connectivity index (χ3n) is 2.69. The summed E-state index contributed by atoms with van der Waals surface area (Å²) in [5.74, 6) is 0.602. The Labute approximate surface area is 146 Å². The number of ether oxygens (including phenoxy) is 2. The molecule has 0 heterocycles. The number of nitrogens with one attached hydrogen (secondary N) is 1. The highest BCUT2D eigenvalue weighted by atomic mass is 79.9. The molecule has 0 spiro atoms. The Balaban J connectivity index is 2.02. The van der Waals surface area contributed by atoms with Gasteiger partial charge in [-0.2, -0.15) is 0 Å². The Morgan fingerprint density at radius 2 is 2.00 bits per heavy atom. The summed E-state index contributed by atoms with van der Waals surface area (Å²) < 4.78 is 11.2. The normalized spacial score (nSPS) is 10.2. The molecule has 1 N–H and O–H groups in total. The van der Waals surface area contributed by atoms with Crippen LogP contribution in [0.3, 0.4) is 0 Å². The zero-order valence-electron chi connectivity index (χ0n) is 11.5. The van der Waals surface area contributed by atoms with Crippen LogP contribution in [0.25, 0.3) is 0 Å². The van der Waals surface area contributed by atoms with E-state index in [0.717, 1.165) is 0 Å². The fraction of sp³-hybridized carbons (Fsp3) is 0.133. The average molecular weight is 405 g/mol. The number of benzene rings is 2. The largest absolute Gasteiger partial charge is 0.495 e. The number of methoxy groups -OCH3 is 1. The van der Waals surface area contributed by atoms with Gasteiger partial charge < -0.3 is 14.8 Å². The molecule has 116 valence electrons. The Bertz CT molecular complexity index is 671. The minimum Gasteiger partial charge on any atom is -0.495 e. The van der Waals surface area contributed by atoms with E-state index in [4.69, 9.17) is 32.7 Å². The van der Waals surface area contributed by atoms with E-state index >= 15 is 0 Å². The molecule has 0 radical (unpaired) electrons. The molecule has 0 aliphatic rings. The number of hydrogen-bond acceptors (Lipinski definition) is 3.